The molecular formula is C17H17N3O2S. The van der Waals surface area contributed by atoms with Gasteiger partial charge in [-0.15, -0.1) is 0 Å². The molecule has 0 radical (unpaired) electrons. The maximum absolute atomic E-state index is 12.5. The van der Waals surface area contributed by atoms with E-state index in [0.717, 1.165) is 11.3 Å². The van der Waals surface area contributed by atoms with E-state index in [1.807, 2.05) is 60.7 Å². The minimum absolute atomic E-state index is 0.175. The molecule has 0 unspecified atom stereocenters. The third-order valence-electron chi connectivity index (χ3n) is 3.37. The minimum Gasteiger partial charge on any atom is -0.239 e. The topological polar surface area (TPSA) is 64.0 Å². The molecule has 0 fully saturated rings. The fourth-order valence-corrected chi connectivity index (χ4v) is 3.52. The zero-order valence-electron chi connectivity index (χ0n) is 12.7. The largest absolute Gasteiger partial charge is 0.244 e. The van der Waals surface area contributed by atoms with Crippen molar-refractivity contribution in [3.63, 3.8) is 0 Å². The Balaban J connectivity index is 2.19. The number of hydrogen-bond acceptors (Lipinski definition) is 3. The maximum atomic E-state index is 12.5. The third kappa shape index (κ3) is 3.18. The van der Waals surface area contributed by atoms with Gasteiger partial charge >= 0.3 is 0 Å². The molecule has 3 rings (SSSR count). The highest BCUT2D eigenvalue weighted by molar-refractivity contribution is 7.89. The van der Waals surface area contributed by atoms with Crippen LogP contribution < -0.4 is 4.72 Å². The first kappa shape index (κ1) is 15.5. The van der Waals surface area contributed by atoms with Crippen molar-refractivity contribution in [2.75, 3.05) is 6.54 Å². The fourth-order valence-electron chi connectivity index (χ4n) is 2.33. The van der Waals surface area contributed by atoms with Crippen LogP contribution in [0.4, 0.5) is 0 Å². The molecule has 2 aromatic carbocycles. The van der Waals surface area contributed by atoms with Gasteiger partial charge in [0.15, 0.2) is 0 Å². The molecule has 0 aliphatic carbocycles. The normalized spacial score (nSPS) is 11.5. The first-order valence-corrected chi connectivity index (χ1v) is 8.80. The number of sulfonamides is 1. The molecule has 0 saturated heterocycles. The second-order valence-electron chi connectivity index (χ2n) is 4.99. The van der Waals surface area contributed by atoms with Crippen molar-refractivity contribution in [1.82, 2.24) is 14.5 Å². The maximum Gasteiger partial charge on any atom is 0.244 e. The molecule has 1 aromatic heterocycles. The summed E-state index contributed by atoms with van der Waals surface area (Å²) in [6.07, 6.45) is 1.55. The van der Waals surface area contributed by atoms with Crippen LogP contribution in [0, 0.1) is 0 Å². The van der Waals surface area contributed by atoms with E-state index in [4.69, 9.17) is 0 Å². The summed E-state index contributed by atoms with van der Waals surface area (Å²) in [5.74, 6) is 0. The second-order valence-corrected chi connectivity index (χ2v) is 6.72. The van der Waals surface area contributed by atoms with Gasteiger partial charge < -0.3 is 0 Å². The van der Waals surface area contributed by atoms with Crippen molar-refractivity contribution in [1.29, 1.82) is 0 Å². The van der Waals surface area contributed by atoms with Crippen LogP contribution in [0.25, 0.3) is 16.9 Å². The van der Waals surface area contributed by atoms with Gasteiger partial charge in [-0.1, -0.05) is 55.5 Å². The molecule has 0 amide bonds. The van der Waals surface area contributed by atoms with Gasteiger partial charge in [0.05, 0.1) is 11.9 Å². The summed E-state index contributed by atoms with van der Waals surface area (Å²) in [5.41, 5.74) is 2.01. The van der Waals surface area contributed by atoms with E-state index in [2.05, 4.69) is 9.82 Å². The lowest BCUT2D eigenvalue weighted by atomic mass is 10.2. The van der Waals surface area contributed by atoms with Gasteiger partial charge in [0.25, 0.3) is 0 Å². The van der Waals surface area contributed by atoms with Crippen molar-refractivity contribution in [3.05, 3.63) is 66.9 Å². The van der Waals surface area contributed by atoms with Crippen LogP contribution in [0.2, 0.25) is 0 Å². The molecule has 0 atom stereocenters. The summed E-state index contributed by atoms with van der Waals surface area (Å²) in [7, 11) is -3.61. The van der Waals surface area contributed by atoms with Gasteiger partial charge in [-0.2, -0.15) is 5.10 Å². The van der Waals surface area contributed by atoms with E-state index in [1.54, 1.807) is 17.8 Å². The predicted octanol–water partition coefficient (Wildman–Crippen LogP) is 2.84. The average molecular weight is 327 g/mol. The molecule has 0 aliphatic rings. The molecular weight excluding hydrogens is 310 g/mol. The van der Waals surface area contributed by atoms with Crippen LogP contribution in [-0.2, 0) is 10.0 Å². The molecule has 1 N–H and O–H groups in total. The molecule has 3 aromatic rings. The number of nitrogens with one attached hydrogen (secondary N) is 1. The van der Waals surface area contributed by atoms with Gasteiger partial charge in [-0.3, -0.25) is 0 Å². The second kappa shape index (κ2) is 6.36. The van der Waals surface area contributed by atoms with E-state index < -0.39 is 10.0 Å². The number of aromatic nitrogens is 2. The van der Waals surface area contributed by atoms with Gasteiger partial charge in [-0.05, 0) is 12.1 Å². The minimum atomic E-state index is -3.61. The summed E-state index contributed by atoms with van der Waals surface area (Å²) < 4.78 is 29.1. The van der Waals surface area contributed by atoms with E-state index in [1.165, 1.54) is 0 Å². The molecule has 1 heterocycles. The Kier molecular flexibility index (Phi) is 4.27. The van der Waals surface area contributed by atoms with Crippen LogP contribution in [0.15, 0.2) is 71.8 Å². The monoisotopic (exact) mass is 327 g/mol. The van der Waals surface area contributed by atoms with E-state index in [9.17, 15) is 8.42 Å². The molecule has 23 heavy (non-hydrogen) atoms. The average Bonchev–Trinajstić information content (AvgIpc) is 3.03. The zero-order chi connectivity index (χ0) is 16.3. The summed E-state index contributed by atoms with van der Waals surface area (Å²) in [6.45, 7) is 2.08. The van der Waals surface area contributed by atoms with Crippen molar-refractivity contribution in [2.24, 2.45) is 0 Å². The molecule has 118 valence electrons. The van der Waals surface area contributed by atoms with Crippen LogP contribution in [-0.4, -0.2) is 24.7 Å². The van der Waals surface area contributed by atoms with Gasteiger partial charge in [0, 0.05) is 12.1 Å². The molecule has 5 nitrogen and oxygen atoms in total. The van der Waals surface area contributed by atoms with Gasteiger partial charge in [0.2, 0.25) is 10.0 Å². The summed E-state index contributed by atoms with van der Waals surface area (Å²) in [5, 5.41) is 4.50. The van der Waals surface area contributed by atoms with E-state index in [0.29, 0.717) is 12.2 Å². The highest BCUT2D eigenvalue weighted by Crippen LogP contribution is 2.27. The predicted molar refractivity (Wildman–Crippen MR) is 89.9 cm³/mol. The lowest BCUT2D eigenvalue weighted by molar-refractivity contribution is 0.584. The summed E-state index contributed by atoms with van der Waals surface area (Å²) in [6, 6.07) is 18.7. The zero-order valence-corrected chi connectivity index (χ0v) is 13.5. The standard InChI is InChI=1S/C17H17N3O2S/c1-2-18-23(21,22)16-13-20(15-11-7-4-8-12-15)19-17(16)14-9-5-3-6-10-14/h3-13,18H,2H2,1H3. The van der Waals surface area contributed by atoms with Crippen LogP contribution in [0.3, 0.4) is 0 Å². The highest BCUT2D eigenvalue weighted by atomic mass is 32.2. The first-order valence-electron chi connectivity index (χ1n) is 7.32. The highest BCUT2D eigenvalue weighted by Gasteiger charge is 2.23. The van der Waals surface area contributed by atoms with E-state index in [-0.39, 0.29) is 4.90 Å². The number of nitrogens with zero attached hydrogens (tertiary/aromatic N) is 2. The molecule has 0 bridgehead atoms. The van der Waals surface area contributed by atoms with Crippen molar-refractivity contribution >= 4 is 10.0 Å². The molecule has 0 aliphatic heterocycles. The Morgan fingerprint density at radius 2 is 1.61 bits per heavy atom. The fraction of sp³-hybridized carbons (Fsp3) is 0.118. The Morgan fingerprint density at radius 3 is 2.22 bits per heavy atom. The lowest BCUT2D eigenvalue weighted by Crippen LogP contribution is -2.23. The van der Waals surface area contributed by atoms with Crippen molar-refractivity contribution in [2.45, 2.75) is 11.8 Å². The van der Waals surface area contributed by atoms with Crippen LogP contribution in [0.5, 0.6) is 0 Å². The Labute approximate surface area is 135 Å². The number of rotatable bonds is 5. The van der Waals surface area contributed by atoms with Crippen molar-refractivity contribution in [3.8, 4) is 16.9 Å². The molecule has 0 saturated carbocycles. The van der Waals surface area contributed by atoms with Gasteiger partial charge in [0.1, 0.15) is 10.6 Å². The third-order valence-corrected chi connectivity index (χ3v) is 4.92. The quantitative estimate of drug-likeness (QED) is 0.784. The first-order chi connectivity index (χ1) is 11.1. The van der Waals surface area contributed by atoms with Crippen LogP contribution in [0.1, 0.15) is 6.92 Å². The molecule has 6 heteroatoms. The number of para-hydroxylation sites is 1. The van der Waals surface area contributed by atoms with Crippen LogP contribution >= 0.6 is 0 Å². The lowest BCUT2D eigenvalue weighted by Gasteiger charge is -2.04. The Hall–Kier alpha value is -2.44. The Morgan fingerprint density at radius 1 is 1.00 bits per heavy atom. The summed E-state index contributed by atoms with van der Waals surface area (Å²) >= 11 is 0. The number of benzene rings is 2. The smallest absolute Gasteiger partial charge is 0.239 e. The van der Waals surface area contributed by atoms with Crippen molar-refractivity contribution < 1.29 is 8.42 Å². The molecule has 0 spiro atoms. The Bertz CT molecular complexity index is 888. The van der Waals surface area contributed by atoms with Gasteiger partial charge in [-0.25, -0.2) is 17.8 Å². The summed E-state index contributed by atoms with van der Waals surface area (Å²) in [4.78, 5) is 0.175. The SMILES string of the molecule is CCNS(=O)(=O)c1cn(-c2ccccc2)nc1-c1ccccc1. The van der Waals surface area contributed by atoms with E-state index >= 15 is 0 Å². The number of hydrogen-bond donors (Lipinski definition) is 1.